The number of pyridine rings is 1. The van der Waals surface area contributed by atoms with Crippen molar-refractivity contribution in [3.8, 4) is 0 Å². The first kappa shape index (κ1) is 11.6. The van der Waals surface area contributed by atoms with E-state index < -0.39 is 0 Å². The number of halogens is 2. The van der Waals surface area contributed by atoms with Crippen molar-refractivity contribution in [3.05, 3.63) is 67.5 Å². The lowest BCUT2D eigenvalue weighted by atomic mass is 10.2. The molecule has 16 heavy (non-hydrogen) atoms. The van der Waals surface area contributed by atoms with Crippen LogP contribution in [-0.2, 0) is 6.54 Å². The highest BCUT2D eigenvalue weighted by Crippen LogP contribution is 2.12. The van der Waals surface area contributed by atoms with Crippen molar-refractivity contribution in [2.24, 2.45) is 0 Å². The van der Waals surface area contributed by atoms with Crippen molar-refractivity contribution in [2.45, 2.75) is 6.54 Å². The highest BCUT2D eigenvalue weighted by molar-refractivity contribution is 9.10. The van der Waals surface area contributed by atoms with E-state index in [9.17, 15) is 4.79 Å². The molecule has 0 amide bonds. The van der Waals surface area contributed by atoms with E-state index in [1.54, 1.807) is 16.8 Å². The van der Waals surface area contributed by atoms with Crippen molar-refractivity contribution in [1.29, 1.82) is 0 Å². The predicted octanol–water partition coefficient (Wildman–Crippen LogP) is 3.42. The fraction of sp³-hybridized carbons (Fsp3) is 0.0833. The van der Waals surface area contributed by atoms with Gasteiger partial charge in [0.2, 0.25) is 0 Å². The van der Waals surface area contributed by atoms with Crippen LogP contribution in [0.3, 0.4) is 0 Å². The number of rotatable bonds is 2. The molecule has 0 saturated heterocycles. The summed E-state index contributed by atoms with van der Waals surface area (Å²) in [5.74, 6) is 0. The third-order valence-electron chi connectivity index (χ3n) is 2.20. The Morgan fingerprint density at radius 3 is 2.50 bits per heavy atom. The van der Waals surface area contributed by atoms with Gasteiger partial charge in [-0.05, 0) is 23.8 Å². The first-order chi connectivity index (χ1) is 7.65. The molecule has 1 aromatic heterocycles. The summed E-state index contributed by atoms with van der Waals surface area (Å²) >= 11 is 6.68. The molecular weight excluding hydrogens is 334 g/mol. The number of nitrogens with zero attached hydrogens (tertiary/aromatic N) is 1. The second-order valence-electron chi connectivity index (χ2n) is 3.44. The molecule has 0 saturated carbocycles. The first-order valence-electron chi connectivity index (χ1n) is 4.75. The number of aromatic nitrogens is 1. The van der Waals surface area contributed by atoms with E-state index in [4.69, 9.17) is 0 Å². The molecule has 82 valence electrons. The normalized spacial score (nSPS) is 10.4. The summed E-state index contributed by atoms with van der Waals surface area (Å²) < 4.78 is 3.50. The fourth-order valence-corrected chi connectivity index (χ4v) is 2.21. The Labute approximate surface area is 110 Å². The summed E-state index contributed by atoms with van der Waals surface area (Å²) in [6, 6.07) is 11.4. The Bertz CT molecular complexity index is 563. The summed E-state index contributed by atoms with van der Waals surface area (Å²) in [5.41, 5.74) is 1.09. The van der Waals surface area contributed by atoms with Crippen LogP contribution in [-0.4, -0.2) is 4.57 Å². The molecule has 4 heteroatoms. The van der Waals surface area contributed by atoms with Gasteiger partial charge in [0, 0.05) is 21.2 Å². The standard InChI is InChI=1S/C12H9Br2NO/c13-10-3-1-2-9(6-10)8-15-5-4-11(14)7-12(15)16/h1-7H,8H2. The minimum absolute atomic E-state index is 0.00523. The van der Waals surface area contributed by atoms with E-state index in [1.165, 1.54) is 0 Å². The molecule has 0 spiro atoms. The summed E-state index contributed by atoms with van der Waals surface area (Å²) in [5, 5.41) is 0. The van der Waals surface area contributed by atoms with Gasteiger partial charge in [-0.3, -0.25) is 4.79 Å². The van der Waals surface area contributed by atoms with Gasteiger partial charge in [-0.1, -0.05) is 44.0 Å². The second-order valence-corrected chi connectivity index (χ2v) is 5.27. The van der Waals surface area contributed by atoms with Gasteiger partial charge in [-0.25, -0.2) is 0 Å². The van der Waals surface area contributed by atoms with E-state index in [2.05, 4.69) is 31.9 Å². The van der Waals surface area contributed by atoms with Gasteiger partial charge in [0.05, 0.1) is 6.54 Å². The van der Waals surface area contributed by atoms with Gasteiger partial charge < -0.3 is 4.57 Å². The summed E-state index contributed by atoms with van der Waals surface area (Å²) in [4.78, 5) is 11.7. The van der Waals surface area contributed by atoms with Crippen molar-refractivity contribution < 1.29 is 0 Å². The highest BCUT2D eigenvalue weighted by Gasteiger charge is 1.99. The van der Waals surface area contributed by atoms with Gasteiger partial charge in [0.25, 0.3) is 5.56 Å². The molecule has 2 aromatic rings. The van der Waals surface area contributed by atoms with Gasteiger partial charge in [-0.2, -0.15) is 0 Å². The third kappa shape index (κ3) is 2.83. The maximum absolute atomic E-state index is 11.7. The maximum Gasteiger partial charge on any atom is 0.251 e. The quantitative estimate of drug-likeness (QED) is 0.819. The number of hydrogen-bond donors (Lipinski definition) is 0. The Kier molecular flexibility index (Phi) is 3.61. The molecule has 0 aliphatic heterocycles. The van der Waals surface area contributed by atoms with Crippen LogP contribution in [0, 0.1) is 0 Å². The molecule has 0 atom stereocenters. The van der Waals surface area contributed by atoms with Crippen molar-refractivity contribution in [3.63, 3.8) is 0 Å². The monoisotopic (exact) mass is 341 g/mol. The molecule has 0 aliphatic rings. The Balaban J connectivity index is 2.31. The van der Waals surface area contributed by atoms with Crippen LogP contribution in [0.25, 0.3) is 0 Å². The Hall–Kier alpha value is -0.870. The fourth-order valence-electron chi connectivity index (χ4n) is 1.45. The molecule has 0 N–H and O–H groups in total. The topological polar surface area (TPSA) is 22.0 Å². The van der Waals surface area contributed by atoms with E-state index in [0.717, 1.165) is 14.5 Å². The number of hydrogen-bond acceptors (Lipinski definition) is 1. The van der Waals surface area contributed by atoms with Crippen LogP contribution in [0.5, 0.6) is 0 Å². The average molecular weight is 343 g/mol. The summed E-state index contributed by atoms with van der Waals surface area (Å²) in [6.45, 7) is 0.589. The van der Waals surface area contributed by atoms with E-state index in [-0.39, 0.29) is 5.56 Å². The van der Waals surface area contributed by atoms with Gasteiger partial charge in [0.15, 0.2) is 0 Å². The van der Waals surface area contributed by atoms with Crippen molar-refractivity contribution >= 4 is 31.9 Å². The van der Waals surface area contributed by atoms with Gasteiger partial charge in [-0.15, -0.1) is 0 Å². The van der Waals surface area contributed by atoms with Crippen LogP contribution < -0.4 is 5.56 Å². The zero-order chi connectivity index (χ0) is 11.5. The molecule has 0 fully saturated rings. The maximum atomic E-state index is 11.7. The van der Waals surface area contributed by atoms with Crippen LogP contribution in [0.1, 0.15) is 5.56 Å². The minimum atomic E-state index is -0.00523. The minimum Gasteiger partial charge on any atom is -0.311 e. The van der Waals surface area contributed by atoms with E-state index >= 15 is 0 Å². The molecule has 1 aromatic carbocycles. The zero-order valence-electron chi connectivity index (χ0n) is 8.36. The van der Waals surface area contributed by atoms with Gasteiger partial charge >= 0.3 is 0 Å². The van der Waals surface area contributed by atoms with Crippen molar-refractivity contribution in [1.82, 2.24) is 4.57 Å². The molecule has 1 heterocycles. The molecule has 0 bridgehead atoms. The van der Waals surface area contributed by atoms with E-state index in [1.807, 2.05) is 30.3 Å². The summed E-state index contributed by atoms with van der Waals surface area (Å²) in [6.07, 6.45) is 1.79. The van der Waals surface area contributed by atoms with Crippen LogP contribution in [0.2, 0.25) is 0 Å². The first-order valence-corrected chi connectivity index (χ1v) is 6.34. The number of benzene rings is 1. The zero-order valence-corrected chi connectivity index (χ0v) is 11.5. The largest absolute Gasteiger partial charge is 0.311 e. The molecule has 0 aliphatic carbocycles. The molecule has 0 unspecified atom stereocenters. The molecule has 0 radical (unpaired) electrons. The smallest absolute Gasteiger partial charge is 0.251 e. The van der Waals surface area contributed by atoms with Crippen LogP contribution >= 0.6 is 31.9 Å². The SMILES string of the molecule is O=c1cc(Br)ccn1Cc1cccc(Br)c1. The molecule has 2 rings (SSSR count). The Morgan fingerprint density at radius 1 is 1.06 bits per heavy atom. The Morgan fingerprint density at radius 2 is 1.81 bits per heavy atom. The van der Waals surface area contributed by atoms with Gasteiger partial charge in [0.1, 0.15) is 0 Å². The van der Waals surface area contributed by atoms with E-state index in [0.29, 0.717) is 6.54 Å². The molecular formula is C12H9Br2NO. The van der Waals surface area contributed by atoms with Crippen LogP contribution in [0.4, 0.5) is 0 Å². The highest BCUT2D eigenvalue weighted by atomic mass is 79.9. The lowest BCUT2D eigenvalue weighted by molar-refractivity contribution is 0.757. The second kappa shape index (κ2) is 4.97. The lowest BCUT2D eigenvalue weighted by Gasteiger charge is -2.05. The van der Waals surface area contributed by atoms with Crippen molar-refractivity contribution in [2.75, 3.05) is 0 Å². The van der Waals surface area contributed by atoms with Crippen LogP contribution in [0.15, 0.2) is 56.3 Å². The molecule has 2 nitrogen and oxygen atoms in total. The predicted molar refractivity (Wildman–Crippen MR) is 71.6 cm³/mol. The lowest BCUT2D eigenvalue weighted by Crippen LogP contribution is -2.18. The third-order valence-corrected chi connectivity index (χ3v) is 3.19. The average Bonchev–Trinajstić information content (AvgIpc) is 2.22. The summed E-state index contributed by atoms with van der Waals surface area (Å²) in [7, 11) is 0.